The van der Waals surface area contributed by atoms with Crippen LogP contribution in [0.25, 0.3) is 21.9 Å². The van der Waals surface area contributed by atoms with E-state index in [0.717, 1.165) is 5.39 Å². The first-order valence-electron chi connectivity index (χ1n) is 12.9. The van der Waals surface area contributed by atoms with Crippen LogP contribution in [0.5, 0.6) is 0 Å². The summed E-state index contributed by atoms with van der Waals surface area (Å²) in [6, 6.07) is 15.0. The molecule has 0 bridgehead atoms. The summed E-state index contributed by atoms with van der Waals surface area (Å²) >= 11 is 0. The predicted octanol–water partition coefficient (Wildman–Crippen LogP) is 4.38. The smallest absolute Gasteiger partial charge is 0.256 e. The Morgan fingerprint density at radius 1 is 1.00 bits per heavy atom. The van der Waals surface area contributed by atoms with Crippen LogP contribution in [0, 0.1) is 22.8 Å². The summed E-state index contributed by atoms with van der Waals surface area (Å²) in [4.78, 5) is 19.5. The van der Waals surface area contributed by atoms with Gasteiger partial charge in [-0.15, -0.1) is 0 Å². The number of rotatable bonds is 6. The summed E-state index contributed by atoms with van der Waals surface area (Å²) in [5.41, 5.74) is -0.0500. The zero-order valence-electron chi connectivity index (χ0n) is 20.3. The number of carbonyl (C=O) groups is 1. The number of amidine groups is 1. The quantitative estimate of drug-likeness (QED) is 0.401. The fourth-order valence-corrected chi connectivity index (χ4v) is 6.00. The van der Waals surface area contributed by atoms with E-state index in [1.165, 1.54) is 12.1 Å². The van der Waals surface area contributed by atoms with Gasteiger partial charge in [0.15, 0.2) is 0 Å². The SMILES string of the molecule is O=C1N(CC2C[N+]([O-])(CC3(O)CC3)C2)C(c2ccc(-c3ccc4cccc(F)c4c3)cc2F)=NC12CC2. The summed E-state index contributed by atoms with van der Waals surface area (Å²) < 4.78 is 29.4. The van der Waals surface area contributed by atoms with Gasteiger partial charge in [-0.1, -0.05) is 30.3 Å². The van der Waals surface area contributed by atoms with Gasteiger partial charge >= 0.3 is 0 Å². The van der Waals surface area contributed by atoms with E-state index in [0.29, 0.717) is 67.7 Å². The Hall–Kier alpha value is -3.20. The molecule has 2 saturated carbocycles. The van der Waals surface area contributed by atoms with Crippen molar-refractivity contribution in [3.8, 4) is 11.1 Å². The van der Waals surface area contributed by atoms with Crippen LogP contribution < -0.4 is 0 Å². The molecule has 1 N–H and O–H groups in total. The second-order valence-electron chi connectivity index (χ2n) is 11.4. The molecule has 1 spiro atoms. The Morgan fingerprint density at radius 2 is 1.73 bits per heavy atom. The highest BCUT2D eigenvalue weighted by molar-refractivity contribution is 6.16. The third-order valence-corrected chi connectivity index (χ3v) is 8.35. The first kappa shape index (κ1) is 23.0. The molecule has 3 aromatic carbocycles. The van der Waals surface area contributed by atoms with Crippen LogP contribution in [-0.4, -0.2) is 63.7 Å². The minimum absolute atomic E-state index is 0.0160. The summed E-state index contributed by atoms with van der Waals surface area (Å²) in [7, 11) is 0. The number of carbonyl (C=O) groups excluding carboxylic acids is 1. The average molecular weight is 504 g/mol. The Labute approximate surface area is 213 Å². The summed E-state index contributed by atoms with van der Waals surface area (Å²) in [6.07, 6.45) is 2.64. The van der Waals surface area contributed by atoms with Crippen molar-refractivity contribution >= 4 is 22.5 Å². The third-order valence-electron chi connectivity index (χ3n) is 8.35. The lowest BCUT2D eigenvalue weighted by Crippen LogP contribution is -2.65. The molecule has 0 unspecified atom stereocenters. The maximum absolute atomic E-state index is 15.5. The zero-order chi connectivity index (χ0) is 25.6. The maximum atomic E-state index is 15.5. The first-order chi connectivity index (χ1) is 17.7. The van der Waals surface area contributed by atoms with Crippen LogP contribution in [0.4, 0.5) is 8.78 Å². The van der Waals surface area contributed by atoms with Crippen molar-refractivity contribution in [2.24, 2.45) is 10.9 Å². The molecular formula is C29H27F2N3O3. The van der Waals surface area contributed by atoms with E-state index in [-0.39, 0.29) is 29.8 Å². The van der Waals surface area contributed by atoms with Crippen molar-refractivity contribution < 1.29 is 23.3 Å². The largest absolute Gasteiger partial charge is 0.633 e. The van der Waals surface area contributed by atoms with E-state index in [2.05, 4.69) is 4.99 Å². The molecule has 2 aliphatic carbocycles. The average Bonchev–Trinajstić information content (AvgIpc) is 3.76. The number of benzene rings is 3. The molecule has 0 aromatic heterocycles. The molecule has 3 aromatic rings. The molecule has 37 heavy (non-hydrogen) atoms. The van der Waals surface area contributed by atoms with Crippen LogP contribution >= 0.6 is 0 Å². The van der Waals surface area contributed by atoms with Gasteiger partial charge in [0.05, 0.1) is 24.6 Å². The van der Waals surface area contributed by atoms with E-state index in [1.54, 1.807) is 29.2 Å². The van der Waals surface area contributed by atoms with Gasteiger partial charge in [-0.3, -0.25) is 14.7 Å². The van der Waals surface area contributed by atoms with Crippen molar-refractivity contribution in [1.82, 2.24) is 4.90 Å². The van der Waals surface area contributed by atoms with E-state index in [4.69, 9.17) is 0 Å². The Bertz CT molecular complexity index is 1490. The number of nitrogens with zero attached hydrogens (tertiary/aromatic N) is 3. The lowest BCUT2D eigenvalue weighted by atomic mass is 9.96. The molecule has 190 valence electrons. The van der Waals surface area contributed by atoms with Gasteiger partial charge in [-0.05, 0) is 66.5 Å². The zero-order valence-corrected chi connectivity index (χ0v) is 20.3. The van der Waals surface area contributed by atoms with Gasteiger partial charge in [0.25, 0.3) is 5.91 Å². The van der Waals surface area contributed by atoms with Crippen molar-refractivity contribution in [2.45, 2.75) is 36.8 Å². The van der Waals surface area contributed by atoms with Gasteiger partial charge in [0.1, 0.15) is 35.2 Å². The highest BCUT2D eigenvalue weighted by Gasteiger charge is 2.59. The van der Waals surface area contributed by atoms with Crippen molar-refractivity contribution in [3.05, 3.63) is 77.0 Å². The highest BCUT2D eigenvalue weighted by Crippen LogP contribution is 2.47. The molecule has 7 rings (SSSR count). The van der Waals surface area contributed by atoms with Gasteiger partial charge < -0.3 is 15.0 Å². The second-order valence-corrected chi connectivity index (χ2v) is 11.4. The number of aliphatic hydroxyl groups is 1. The van der Waals surface area contributed by atoms with Crippen LogP contribution in [0.15, 0.2) is 59.6 Å². The van der Waals surface area contributed by atoms with Crippen LogP contribution in [0.3, 0.4) is 0 Å². The van der Waals surface area contributed by atoms with E-state index in [9.17, 15) is 19.5 Å². The number of hydrogen-bond donors (Lipinski definition) is 1. The standard InChI is InChI=1S/C29H27F2N3O3/c30-24-3-1-2-19-4-5-20(12-23(19)24)21-6-7-22(25(31)13-21)26-32-29(10-11-29)27(35)33(26)14-18-15-34(37,16-18)17-28(36)8-9-28/h1-7,12-13,18,36H,8-11,14-17H2. The van der Waals surface area contributed by atoms with Crippen LogP contribution in [0.2, 0.25) is 0 Å². The number of halogens is 2. The molecular weight excluding hydrogens is 476 g/mol. The van der Waals surface area contributed by atoms with Crippen LogP contribution in [0.1, 0.15) is 31.2 Å². The molecule has 0 radical (unpaired) electrons. The molecule has 2 aliphatic heterocycles. The number of hydroxylamine groups is 3. The van der Waals surface area contributed by atoms with Crippen LogP contribution in [-0.2, 0) is 4.79 Å². The minimum Gasteiger partial charge on any atom is -0.633 e. The summed E-state index contributed by atoms with van der Waals surface area (Å²) in [5.74, 6) is -0.638. The summed E-state index contributed by atoms with van der Waals surface area (Å²) in [6.45, 7) is 1.21. The molecule has 0 atom stereocenters. The molecule has 1 amide bonds. The van der Waals surface area contributed by atoms with Gasteiger partial charge in [-0.25, -0.2) is 8.78 Å². The molecule has 2 heterocycles. The van der Waals surface area contributed by atoms with Crippen molar-refractivity contribution in [3.63, 3.8) is 0 Å². The predicted molar refractivity (Wildman–Crippen MR) is 135 cm³/mol. The van der Waals surface area contributed by atoms with Gasteiger partial charge in [0.2, 0.25) is 0 Å². The topological polar surface area (TPSA) is 76.0 Å². The molecule has 8 heteroatoms. The lowest BCUT2D eigenvalue weighted by molar-refractivity contribution is -0.933. The molecule has 1 saturated heterocycles. The van der Waals surface area contributed by atoms with Gasteiger partial charge in [0, 0.05) is 11.9 Å². The Kier molecular flexibility index (Phi) is 4.75. The Morgan fingerprint density at radius 3 is 2.43 bits per heavy atom. The van der Waals surface area contributed by atoms with E-state index < -0.39 is 21.6 Å². The Balaban J connectivity index is 1.14. The highest BCUT2D eigenvalue weighted by atomic mass is 19.1. The fraction of sp³-hybridized carbons (Fsp3) is 0.379. The summed E-state index contributed by atoms with van der Waals surface area (Å²) in [5, 5.41) is 24.3. The monoisotopic (exact) mass is 503 g/mol. The number of fused-ring (bicyclic) bond motifs is 1. The number of aliphatic imine (C=N–C) groups is 1. The van der Waals surface area contributed by atoms with Crippen molar-refractivity contribution in [1.29, 1.82) is 0 Å². The van der Waals surface area contributed by atoms with E-state index >= 15 is 4.39 Å². The normalized spacial score (nSPS) is 26.9. The third kappa shape index (κ3) is 3.86. The lowest BCUT2D eigenvalue weighted by Gasteiger charge is -2.55. The molecule has 6 nitrogen and oxygen atoms in total. The molecule has 4 aliphatic rings. The second kappa shape index (κ2) is 7.66. The number of hydrogen-bond acceptors (Lipinski definition) is 4. The first-order valence-corrected chi connectivity index (χ1v) is 12.9. The number of likely N-dealkylation sites (tertiary alicyclic amines) is 1. The number of quaternary nitrogens is 1. The maximum Gasteiger partial charge on any atom is 0.256 e. The van der Waals surface area contributed by atoms with E-state index in [1.807, 2.05) is 18.2 Å². The number of amides is 1. The molecule has 3 fully saturated rings. The fourth-order valence-electron chi connectivity index (χ4n) is 6.00. The van der Waals surface area contributed by atoms with Crippen molar-refractivity contribution in [2.75, 3.05) is 26.2 Å². The van der Waals surface area contributed by atoms with Gasteiger partial charge in [-0.2, -0.15) is 0 Å². The minimum atomic E-state index is -0.817.